The first-order chi connectivity index (χ1) is 6.41. The Bertz CT molecular complexity index is 307. The van der Waals surface area contributed by atoms with Gasteiger partial charge in [-0.15, -0.1) is 0 Å². The molecule has 1 N–H and O–H groups in total. The molecule has 7 heteroatoms. The third kappa shape index (κ3) is 2.48. The van der Waals surface area contributed by atoms with E-state index in [2.05, 4.69) is 5.10 Å². The van der Waals surface area contributed by atoms with Crippen LogP contribution in [0.15, 0.2) is 18.5 Å². The quantitative estimate of drug-likeness (QED) is 0.818. The Morgan fingerprint density at radius 1 is 1.57 bits per heavy atom. The SMILES string of the molecule is O=C(O)CC(n1cccn1)C(F)(F)F. The highest BCUT2D eigenvalue weighted by Gasteiger charge is 2.42. The topological polar surface area (TPSA) is 55.1 Å². The van der Waals surface area contributed by atoms with Crippen molar-refractivity contribution in [2.45, 2.75) is 18.6 Å². The van der Waals surface area contributed by atoms with E-state index in [9.17, 15) is 18.0 Å². The normalized spacial score (nSPS) is 13.9. The number of hydrogen-bond donors (Lipinski definition) is 1. The second-order valence-electron chi connectivity index (χ2n) is 2.64. The first-order valence-electron chi connectivity index (χ1n) is 3.69. The van der Waals surface area contributed by atoms with Crippen LogP contribution in [0.5, 0.6) is 0 Å². The lowest BCUT2D eigenvalue weighted by atomic mass is 10.2. The molecule has 0 radical (unpaired) electrons. The smallest absolute Gasteiger partial charge is 0.411 e. The van der Waals surface area contributed by atoms with Crippen molar-refractivity contribution >= 4 is 5.97 Å². The average Bonchev–Trinajstić information content (AvgIpc) is 2.49. The van der Waals surface area contributed by atoms with E-state index in [0.717, 1.165) is 6.20 Å². The summed E-state index contributed by atoms with van der Waals surface area (Å²) in [4.78, 5) is 10.2. The van der Waals surface area contributed by atoms with Gasteiger partial charge in [-0.2, -0.15) is 18.3 Å². The molecule has 0 aliphatic carbocycles. The number of aliphatic carboxylic acids is 1. The highest BCUT2D eigenvalue weighted by atomic mass is 19.4. The Labute approximate surface area is 77.0 Å². The largest absolute Gasteiger partial charge is 0.481 e. The third-order valence-electron chi connectivity index (χ3n) is 1.59. The molecule has 1 atom stereocenters. The van der Waals surface area contributed by atoms with Crippen molar-refractivity contribution in [1.82, 2.24) is 9.78 Å². The summed E-state index contributed by atoms with van der Waals surface area (Å²) in [6.45, 7) is 0. The zero-order valence-electron chi connectivity index (χ0n) is 6.90. The van der Waals surface area contributed by atoms with Crippen LogP contribution in [0.1, 0.15) is 12.5 Å². The number of alkyl halides is 3. The van der Waals surface area contributed by atoms with Crippen molar-refractivity contribution in [1.29, 1.82) is 0 Å². The van der Waals surface area contributed by atoms with Gasteiger partial charge in [0.05, 0.1) is 6.42 Å². The second-order valence-corrected chi connectivity index (χ2v) is 2.64. The zero-order chi connectivity index (χ0) is 10.8. The molecule has 0 aliphatic rings. The minimum atomic E-state index is -4.61. The van der Waals surface area contributed by atoms with E-state index in [1.54, 1.807) is 0 Å². The van der Waals surface area contributed by atoms with Crippen molar-refractivity contribution in [3.05, 3.63) is 18.5 Å². The average molecular weight is 208 g/mol. The van der Waals surface area contributed by atoms with Crippen molar-refractivity contribution < 1.29 is 23.1 Å². The first-order valence-corrected chi connectivity index (χ1v) is 3.69. The number of rotatable bonds is 3. The lowest BCUT2D eigenvalue weighted by Gasteiger charge is -2.18. The van der Waals surface area contributed by atoms with Crippen LogP contribution in [-0.4, -0.2) is 27.0 Å². The lowest BCUT2D eigenvalue weighted by Crippen LogP contribution is -2.29. The molecule has 0 bridgehead atoms. The fourth-order valence-electron chi connectivity index (χ4n) is 0.990. The second kappa shape index (κ2) is 3.69. The van der Waals surface area contributed by atoms with E-state index in [1.807, 2.05) is 0 Å². The van der Waals surface area contributed by atoms with Gasteiger partial charge < -0.3 is 5.11 Å². The zero-order valence-corrected chi connectivity index (χ0v) is 6.90. The Balaban J connectivity index is 2.89. The summed E-state index contributed by atoms with van der Waals surface area (Å²) in [7, 11) is 0. The Kier molecular flexibility index (Phi) is 2.78. The van der Waals surface area contributed by atoms with Crippen molar-refractivity contribution in [3.63, 3.8) is 0 Å². The predicted octanol–water partition coefficient (Wildman–Crippen LogP) is 1.46. The van der Waals surface area contributed by atoms with Crippen LogP contribution >= 0.6 is 0 Å². The minimum absolute atomic E-state index is 0.591. The molecule has 1 heterocycles. The van der Waals surface area contributed by atoms with Crippen LogP contribution < -0.4 is 0 Å². The summed E-state index contributed by atoms with van der Waals surface area (Å²) in [6.07, 6.45) is -3.38. The molecule has 78 valence electrons. The van der Waals surface area contributed by atoms with Crippen LogP contribution in [-0.2, 0) is 4.79 Å². The van der Waals surface area contributed by atoms with Gasteiger partial charge in [0.25, 0.3) is 0 Å². The number of aromatic nitrogens is 2. The van der Waals surface area contributed by atoms with E-state index in [-0.39, 0.29) is 0 Å². The van der Waals surface area contributed by atoms with Crippen LogP contribution in [0.25, 0.3) is 0 Å². The van der Waals surface area contributed by atoms with E-state index >= 15 is 0 Å². The number of nitrogens with zero attached hydrogens (tertiary/aromatic N) is 2. The van der Waals surface area contributed by atoms with Gasteiger partial charge in [0.1, 0.15) is 0 Å². The fraction of sp³-hybridized carbons (Fsp3) is 0.429. The van der Waals surface area contributed by atoms with Gasteiger partial charge >= 0.3 is 12.1 Å². The first kappa shape index (κ1) is 10.6. The fourth-order valence-corrected chi connectivity index (χ4v) is 0.990. The van der Waals surface area contributed by atoms with Crippen LogP contribution in [0.3, 0.4) is 0 Å². The summed E-state index contributed by atoms with van der Waals surface area (Å²) < 4.78 is 37.5. The molecule has 0 aromatic carbocycles. The highest BCUT2D eigenvalue weighted by Crippen LogP contribution is 2.32. The molecule has 0 fully saturated rings. The maximum atomic E-state index is 12.3. The molecule has 0 saturated carbocycles. The van der Waals surface area contributed by atoms with Gasteiger partial charge in [-0.25, -0.2) is 0 Å². The van der Waals surface area contributed by atoms with Crippen molar-refractivity contribution in [2.24, 2.45) is 0 Å². The Morgan fingerprint density at radius 2 is 2.21 bits per heavy atom. The number of carboxylic acids is 1. The number of hydrogen-bond acceptors (Lipinski definition) is 2. The number of carbonyl (C=O) groups is 1. The maximum absolute atomic E-state index is 12.3. The molecular formula is C7H7F3N2O2. The number of carboxylic acid groups (broad SMARTS) is 1. The molecule has 1 aromatic rings. The van der Waals surface area contributed by atoms with Crippen molar-refractivity contribution in [3.8, 4) is 0 Å². The van der Waals surface area contributed by atoms with Gasteiger partial charge in [0.2, 0.25) is 0 Å². The Morgan fingerprint density at radius 3 is 2.57 bits per heavy atom. The predicted molar refractivity (Wildman–Crippen MR) is 39.6 cm³/mol. The third-order valence-corrected chi connectivity index (χ3v) is 1.59. The molecule has 14 heavy (non-hydrogen) atoms. The van der Waals surface area contributed by atoms with Gasteiger partial charge in [0.15, 0.2) is 6.04 Å². The lowest BCUT2D eigenvalue weighted by molar-refractivity contribution is -0.179. The van der Waals surface area contributed by atoms with E-state index in [4.69, 9.17) is 5.11 Å². The molecule has 0 aliphatic heterocycles. The van der Waals surface area contributed by atoms with Crippen molar-refractivity contribution in [2.75, 3.05) is 0 Å². The van der Waals surface area contributed by atoms with E-state index < -0.39 is 24.6 Å². The molecule has 0 spiro atoms. The van der Waals surface area contributed by atoms with Gasteiger partial charge in [0, 0.05) is 12.4 Å². The summed E-state index contributed by atoms with van der Waals surface area (Å²) in [5.74, 6) is -1.51. The summed E-state index contributed by atoms with van der Waals surface area (Å²) in [5, 5.41) is 11.7. The number of halogens is 3. The monoisotopic (exact) mass is 208 g/mol. The van der Waals surface area contributed by atoms with Crippen LogP contribution in [0.2, 0.25) is 0 Å². The molecule has 1 aromatic heterocycles. The van der Waals surface area contributed by atoms with Gasteiger partial charge in [-0.1, -0.05) is 0 Å². The summed E-state index contributed by atoms with van der Waals surface area (Å²) >= 11 is 0. The summed E-state index contributed by atoms with van der Waals surface area (Å²) in [6, 6.07) is -0.796. The molecular weight excluding hydrogens is 201 g/mol. The molecule has 1 rings (SSSR count). The molecule has 4 nitrogen and oxygen atoms in total. The summed E-state index contributed by atoms with van der Waals surface area (Å²) in [5.41, 5.74) is 0. The minimum Gasteiger partial charge on any atom is -0.481 e. The molecule has 0 amide bonds. The standard InChI is InChI=1S/C7H7F3N2O2/c8-7(9,10)5(4-6(13)14)12-3-1-2-11-12/h1-3,5H,4H2,(H,13,14). The van der Waals surface area contributed by atoms with Crippen LogP contribution in [0.4, 0.5) is 13.2 Å². The van der Waals surface area contributed by atoms with Gasteiger partial charge in [-0.05, 0) is 6.07 Å². The maximum Gasteiger partial charge on any atom is 0.411 e. The van der Waals surface area contributed by atoms with Gasteiger partial charge in [-0.3, -0.25) is 9.48 Å². The van der Waals surface area contributed by atoms with E-state index in [0.29, 0.717) is 4.68 Å². The van der Waals surface area contributed by atoms with Crippen LogP contribution in [0, 0.1) is 0 Å². The Hall–Kier alpha value is -1.53. The highest BCUT2D eigenvalue weighted by molar-refractivity contribution is 5.67. The molecule has 1 unspecified atom stereocenters. The van der Waals surface area contributed by atoms with E-state index in [1.165, 1.54) is 12.3 Å². The molecule has 0 saturated heterocycles.